The first-order chi connectivity index (χ1) is 8.47. The molecule has 0 aromatic rings. The van der Waals surface area contributed by atoms with E-state index >= 15 is 0 Å². The van der Waals surface area contributed by atoms with Crippen molar-refractivity contribution in [2.24, 2.45) is 0 Å². The van der Waals surface area contributed by atoms with Crippen molar-refractivity contribution in [3.8, 4) is 0 Å². The Bertz CT molecular complexity index is 198. The van der Waals surface area contributed by atoms with E-state index in [1.54, 1.807) is 21.1 Å². The van der Waals surface area contributed by atoms with E-state index in [0.717, 1.165) is 12.8 Å². The fourth-order valence-corrected chi connectivity index (χ4v) is 1.62. The van der Waals surface area contributed by atoms with E-state index in [9.17, 15) is 5.11 Å². The Morgan fingerprint density at radius 1 is 1.22 bits per heavy atom. The highest BCUT2D eigenvalue weighted by Crippen LogP contribution is 2.22. The molecule has 0 aromatic heterocycles. The maximum absolute atomic E-state index is 9.21. The smallest absolute Gasteiger partial charge is 0.0808 e. The van der Waals surface area contributed by atoms with E-state index in [0.29, 0.717) is 13.0 Å². The molecule has 0 aromatic carbocycles. The molecule has 110 valence electrons. The van der Waals surface area contributed by atoms with Crippen LogP contribution in [0.25, 0.3) is 0 Å². The van der Waals surface area contributed by atoms with E-state index in [1.807, 2.05) is 6.92 Å². The minimum absolute atomic E-state index is 0.0448. The quantitative estimate of drug-likeness (QED) is 0.582. The molecule has 0 amide bonds. The van der Waals surface area contributed by atoms with Gasteiger partial charge in [-0.2, -0.15) is 0 Å². The first-order valence-electron chi connectivity index (χ1n) is 6.42. The second-order valence-corrected chi connectivity index (χ2v) is 4.92. The van der Waals surface area contributed by atoms with Gasteiger partial charge in [0, 0.05) is 20.8 Å². The van der Waals surface area contributed by atoms with Crippen molar-refractivity contribution in [3.05, 3.63) is 0 Å². The third kappa shape index (κ3) is 8.00. The van der Waals surface area contributed by atoms with E-state index in [-0.39, 0.29) is 24.9 Å². The van der Waals surface area contributed by atoms with Gasteiger partial charge in [-0.1, -0.05) is 0 Å². The van der Waals surface area contributed by atoms with Gasteiger partial charge < -0.3 is 24.4 Å². The van der Waals surface area contributed by atoms with E-state index in [2.05, 4.69) is 0 Å². The molecule has 0 fully saturated rings. The highest BCUT2D eigenvalue weighted by Gasteiger charge is 2.25. The molecule has 0 spiro atoms. The van der Waals surface area contributed by atoms with Gasteiger partial charge in [0.05, 0.1) is 31.0 Å². The maximum Gasteiger partial charge on any atom is 0.0808 e. The van der Waals surface area contributed by atoms with Gasteiger partial charge in [-0.25, -0.2) is 0 Å². The van der Waals surface area contributed by atoms with Gasteiger partial charge in [0.25, 0.3) is 0 Å². The second kappa shape index (κ2) is 9.69. The molecule has 5 heteroatoms. The summed E-state index contributed by atoms with van der Waals surface area (Å²) in [5.74, 6) is 0. The molecule has 0 saturated carbocycles. The summed E-state index contributed by atoms with van der Waals surface area (Å²) in [4.78, 5) is 0. The topological polar surface area (TPSA) is 68.2 Å². The summed E-state index contributed by atoms with van der Waals surface area (Å²) in [6, 6.07) is 0. The molecule has 0 bridgehead atoms. The van der Waals surface area contributed by atoms with Crippen LogP contribution in [0.3, 0.4) is 0 Å². The molecule has 18 heavy (non-hydrogen) atoms. The van der Waals surface area contributed by atoms with Crippen LogP contribution in [-0.2, 0) is 14.2 Å². The molecular formula is C13H28O5. The zero-order valence-electron chi connectivity index (χ0n) is 12.0. The summed E-state index contributed by atoms with van der Waals surface area (Å²) in [7, 11) is 3.35. The number of rotatable bonds is 11. The molecule has 0 saturated heterocycles. The minimum Gasteiger partial charge on any atom is -0.394 e. The van der Waals surface area contributed by atoms with Crippen molar-refractivity contribution in [2.75, 3.05) is 34.0 Å². The van der Waals surface area contributed by atoms with Crippen LogP contribution in [0.1, 0.15) is 33.1 Å². The van der Waals surface area contributed by atoms with E-state index in [1.165, 1.54) is 0 Å². The second-order valence-electron chi connectivity index (χ2n) is 4.92. The predicted octanol–water partition coefficient (Wildman–Crippen LogP) is 0.966. The van der Waals surface area contributed by atoms with Crippen LogP contribution in [0.5, 0.6) is 0 Å². The lowest BCUT2D eigenvalue weighted by Gasteiger charge is -2.29. The molecule has 2 N–H and O–H groups in total. The van der Waals surface area contributed by atoms with Crippen LogP contribution in [0.2, 0.25) is 0 Å². The number of methoxy groups -OCH3 is 2. The molecule has 0 heterocycles. The van der Waals surface area contributed by atoms with Crippen LogP contribution in [-0.4, -0.2) is 62.1 Å². The average Bonchev–Trinajstić information content (AvgIpc) is 2.36. The molecule has 3 unspecified atom stereocenters. The van der Waals surface area contributed by atoms with Crippen molar-refractivity contribution < 1.29 is 24.4 Å². The Labute approximate surface area is 110 Å². The van der Waals surface area contributed by atoms with Gasteiger partial charge in [-0.3, -0.25) is 0 Å². The average molecular weight is 264 g/mol. The van der Waals surface area contributed by atoms with E-state index in [4.69, 9.17) is 19.3 Å². The Morgan fingerprint density at radius 2 is 1.89 bits per heavy atom. The molecule has 0 aliphatic rings. The normalized spacial score (nSPS) is 18.3. The standard InChI is InChI=1S/C13H28O5/c1-11(15)10-18-12(9-14)5-6-13(2,17-4)7-8-16-3/h11-12,14-15H,5-10H2,1-4H3. The number of ether oxygens (including phenoxy) is 3. The molecule has 0 rings (SSSR count). The van der Waals surface area contributed by atoms with Gasteiger partial charge in [0.2, 0.25) is 0 Å². The minimum atomic E-state index is -0.513. The lowest BCUT2D eigenvalue weighted by atomic mass is 9.94. The molecular weight excluding hydrogens is 236 g/mol. The Hall–Kier alpha value is -0.200. The van der Waals surface area contributed by atoms with Crippen LogP contribution in [0, 0.1) is 0 Å². The van der Waals surface area contributed by atoms with Crippen LogP contribution in [0.15, 0.2) is 0 Å². The third-order valence-corrected chi connectivity index (χ3v) is 3.10. The van der Waals surface area contributed by atoms with Gasteiger partial charge in [-0.15, -0.1) is 0 Å². The van der Waals surface area contributed by atoms with Gasteiger partial charge in [0.1, 0.15) is 0 Å². The van der Waals surface area contributed by atoms with Crippen molar-refractivity contribution in [1.82, 2.24) is 0 Å². The molecule has 0 aliphatic heterocycles. The highest BCUT2D eigenvalue weighted by molar-refractivity contribution is 4.76. The summed E-state index contributed by atoms with van der Waals surface area (Å²) < 4.78 is 16.0. The van der Waals surface area contributed by atoms with Crippen molar-refractivity contribution in [2.45, 2.75) is 50.9 Å². The van der Waals surface area contributed by atoms with Crippen molar-refractivity contribution in [3.63, 3.8) is 0 Å². The zero-order valence-corrected chi connectivity index (χ0v) is 12.0. The van der Waals surface area contributed by atoms with Gasteiger partial charge in [0.15, 0.2) is 0 Å². The summed E-state index contributed by atoms with van der Waals surface area (Å²) >= 11 is 0. The number of hydrogen-bond donors (Lipinski definition) is 2. The number of aliphatic hydroxyl groups excluding tert-OH is 2. The Balaban J connectivity index is 4.06. The fraction of sp³-hybridized carbons (Fsp3) is 1.00. The summed E-state index contributed by atoms with van der Waals surface area (Å²) in [5.41, 5.74) is -0.266. The lowest BCUT2D eigenvalue weighted by Crippen LogP contribution is -2.32. The van der Waals surface area contributed by atoms with Crippen molar-refractivity contribution >= 4 is 0 Å². The van der Waals surface area contributed by atoms with Gasteiger partial charge in [-0.05, 0) is 33.1 Å². The Kier molecular flexibility index (Phi) is 9.59. The number of hydrogen-bond acceptors (Lipinski definition) is 5. The molecule has 0 radical (unpaired) electrons. The molecule has 0 aliphatic carbocycles. The van der Waals surface area contributed by atoms with Crippen LogP contribution < -0.4 is 0 Å². The highest BCUT2D eigenvalue weighted by atomic mass is 16.5. The fourth-order valence-electron chi connectivity index (χ4n) is 1.62. The largest absolute Gasteiger partial charge is 0.394 e. The van der Waals surface area contributed by atoms with Gasteiger partial charge >= 0.3 is 0 Å². The first-order valence-corrected chi connectivity index (χ1v) is 6.42. The maximum atomic E-state index is 9.21. The monoisotopic (exact) mass is 264 g/mol. The zero-order chi connectivity index (χ0) is 14.0. The van der Waals surface area contributed by atoms with E-state index < -0.39 is 6.10 Å². The van der Waals surface area contributed by atoms with Crippen molar-refractivity contribution in [1.29, 1.82) is 0 Å². The van der Waals surface area contributed by atoms with Crippen LogP contribution >= 0.6 is 0 Å². The summed E-state index contributed by atoms with van der Waals surface area (Å²) in [6.45, 7) is 4.52. The Morgan fingerprint density at radius 3 is 2.33 bits per heavy atom. The first kappa shape index (κ1) is 17.8. The SMILES string of the molecule is COCCC(C)(CCC(CO)OCC(C)O)OC. The lowest BCUT2D eigenvalue weighted by molar-refractivity contribution is -0.0599. The molecule has 3 atom stereocenters. The predicted molar refractivity (Wildman–Crippen MR) is 69.6 cm³/mol. The van der Waals surface area contributed by atoms with Crippen LogP contribution in [0.4, 0.5) is 0 Å². The third-order valence-electron chi connectivity index (χ3n) is 3.10. The summed E-state index contributed by atoms with van der Waals surface area (Å²) in [6.07, 6.45) is 1.50. The number of aliphatic hydroxyl groups is 2. The summed E-state index contributed by atoms with van der Waals surface area (Å²) in [5, 5.41) is 18.4. The molecule has 5 nitrogen and oxygen atoms in total.